The van der Waals surface area contributed by atoms with E-state index in [1.165, 1.54) is 47.3 Å². The summed E-state index contributed by atoms with van der Waals surface area (Å²) >= 11 is 6.09. The fraction of sp³-hybridized carbons (Fsp3) is 0.167. The van der Waals surface area contributed by atoms with Crippen molar-refractivity contribution >= 4 is 45.7 Å². The maximum absolute atomic E-state index is 12.5. The van der Waals surface area contributed by atoms with E-state index >= 15 is 0 Å². The van der Waals surface area contributed by atoms with Crippen LogP contribution in [0.1, 0.15) is 11.6 Å². The van der Waals surface area contributed by atoms with Gasteiger partial charge in [0.1, 0.15) is 18.0 Å². The van der Waals surface area contributed by atoms with E-state index in [-0.39, 0.29) is 17.9 Å². The summed E-state index contributed by atoms with van der Waals surface area (Å²) in [6.45, 7) is -0.264. The summed E-state index contributed by atoms with van der Waals surface area (Å²) in [5, 5.41) is 26.5. The highest BCUT2D eigenvalue weighted by Crippen LogP contribution is 2.38. The molecule has 2 unspecified atom stereocenters. The Morgan fingerprint density at radius 2 is 1.84 bits per heavy atom. The van der Waals surface area contributed by atoms with E-state index in [1.807, 2.05) is 0 Å². The van der Waals surface area contributed by atoms with Crippen molar-refractivity contribution in [2.24, 2.45) is 0 Å². The molecule has 13 heteroatoms. The monoisotopic (exact) mass is 444 g/mol. The van der Waals surface area contributed by atoms with Crippen molar-refractivity contribution in [3.8, 4) is 0 Å². The SMILES string of the molecule is O=C(Cn1ncc2cc([N+](=O)[O-])ccc21)NN1C(=O)C(Cl)C1c1cccc([N+](=O)[O-])c1. The quantitative estimate of drug-likeness (QED) is 0.264. The maximum Gasteiger partial charge on any atom is 0.270 e. The number of hydrogen-bond acceptors (Lipinski definition) is 7. The number of amides is 2. The van der Waals surface area contributed by atoms with E-state index in [1.54, 1.807) is 6.07 Å². The van der Waals surface area contributed by atoms with Crippen molar-refractivity contribution in [1.29, 1.82) is 0 Å². The summed E-state index contributed by atoms with van der Waals surface area (Å²) in [7, 11) is 0. The largest absolute Gasteiger partial charge is 0.271 e. The Bertz CT molecular complexity index is 1240. The van der Waals surface area contributed by atoms with Crippen LogP contribution >= 0.6 is 11.6 Å². The molecule has 1 aliphatic rings. The highest BCUT2D eigenvalue weighted by molar-refractivity contribution is 6.33. The van der Waals surface area contributed by atoms with E-state index in [4.69, 9.17) is 11.6 Å². The fourth-order valence-corrected chi connectivity index (χ4v) is 3.70. The maximum atomic E-state index is 12.5. The zero-order chi connectivity index (χ0) is 22.3. The molecule has 1 aromatic heterocycles. The molecule has 0 radical (unpaired) electrons. The predicted molar refractivity (Wildman–Crippen MR) is 107 cm³/mol. The van der Waals surface area contributed by atoms with Gasteiger partial charge in [-0.1, -0.05) is 12.1 Å². The van der Waals surface area contributed by atoms with Crippen LogP contribution in [0, 0.1) is 20.2 Å². The van der Waals surface area contributed by atoms with Crippen molar-refractivity contribution in [2.75, 3.05) is 0 Å². The second kappa shape index (κ2) is 7.65. The van der Waals surface area contributed by atoms with Crippen LogP contribution in [0.3, 0.4) is 0 Å². The van der Waals surface area contributed by atoms with Crippen LogP contribution in [0.4, 0.5) is 11.4 Å². The van der Waals surface area contributed by atoms with Crippen molar-refractivity contribution < 1.29 is 19.4 Å². The number of hydrazine groups is 1. The van der Waals surface area contributed by atoms with Gasteiger partial charge in [-0.3, -0.25) is 39.9 Å². The average Bonchev–Trinajstić information content (AvgIpc) is 3.15. The third kappa shape index (κ3) is 3.64. The van der Waals surface area contributed by atoms with Gasteiger partial charge in [0.2, 0.25) is 0 Å². The van der Waals surface area contributed by atoms with Gasteiger partial charge in [0.05, 0.1) is 21.6 Å². The van der Waals surface area contributed by atoms with Gasteiger partial charge in [-0.15, -0.1) is 11.6 Å². The zero-order valence-corrected chi connectivity index (χ0v) is 16.3. The number of fused-ring (bicyclic) bond motifs is 1. The van der Waals surface area contributed by atoms with Gasteiger partial charge in [0.15, 0.2) is 0 Å². The number of carbonyl (C=O) groups excluding carboxylic acids is 2. The minimum atomic E-state index is -0.978. The molecule has 1 saturated heterocycles. The van der Waals surface area contributed by atoms with Crippen molar-refractivity contribution in [3.63, 3.8) is 0 Å². The van der Waals surface area contributed by atoms with Crippen LogP contribution in [-0.4, -0.2) is 41.8 Å². The van der Waals surface area contributed by atoms with Gasteiger partial charge in [0, 0.05) is 29.7 Å². The molecular formula is C18H13ClN6O6. The first-order valence-electron chi connectivity index (χ1n) is 8.87. The number of nitro benzene ring substituents is 2. The Morgan fingerprint density at radius 3 is 2.55 bits per heavy atom. The lowest BCUT2D eigenvalue weighted by Crippen LogP contribution is -2.63. The van der Waals surface area contributed by atoms with Crippen LogP contribution in [0.15, 0.2) is 48.7 Å². The number of β-lactam (4-membered cyclic amide) rings is 1. The number of aromatic nitrogens is 2. The number of non-ortho nitro benzene ring substituents is 2. The van der Waals surface area contributed by atoms with Crippen LogP contribution < -0.4 is 5.43 Å². The van der Waals surface area contributed by atoms with Crippen LogP contribution in [-0.2, 0) is 16.1 Å². The first kappa shape index (κ1) is 20.2. The molecular weight excluding hydrogens is 432 g/mol. The Kier molecular flexibility index (Phi) is 4.99. The minimum Gasteiger partial charge on any atom is -0.271 e. The number of halogens is 1. The molecule has 0 spiro atoms. The van der Waals surface area contributed by atoms with Gasteiger partial charge in [-0.05, 0) is 11.6 Å². The Balaban J connectivity index is 1.51. The van der Waals surface area contributed by atoms with Crippen molar-refractivity contribution in [3.05, 3.63) is 74.5 Å². The van der Waals surface area contributed by atoms with Crippen LogP contribution in [0.5, 0.6) is 0 Å². The minimum absolute atomic E-state index is 0.101. The normalized spacial score (nSPS) is 18.0. The molecule has 12 nitrogen and oxygen atoms in total. The van der Waals surface area contributed by atoms with Crippen molar-refractivity contribution in [2.45, 2.75) is 18.0 Å². The van der Waals surface area contributed by atoms with Gasteiger partial charge < -0.3 is 0 Å². The molecule has 1 aliphatic heterocycles. The van der Waals surface area contributed by atoms with Crippen molar-refractivity contribution in [1.82, 2.24) is 20.2 Å². The van der Waals surface area contributed by atoms with Gasteiger partial charge in [-0.25, -0.2) is 5.01 Å². The Hall–Kier alpha value is -4.06. The lowest BCUT2D eigenvalue weighted by molar-refractivity contribution is -0.385. The second-order valence-corrected chi connectivity index (χ2v) is 7.21. The number of benzene rings is 2. The molecule has 2 heterocycles. The number of nitrogens with zero attached hydrogens (tertiary/aromatic N) is 5. The molecule has 2 aromatic carbocycles. The molecule has 0 aliphatic carbocycles. The average molecular weight is 445 g/mol. The highest BCUT2D eigenvalue weighted by atomic mass is 35.5. The number of alkyl halides is 1. The van der Waals surface area contributed by atoms with Gasteiger partial charge >= 0.3 is 0 Å². The zero-order valence-electron chi connectivity index (χ0n) is 15.5. The van der Waals surface area contributed by atoms with E-state index in [9.17, 15) is 29.8 Å². The molecule has 1 N–H and O–H groups in total. The highest BCUT2D eigenvalue weighted by Gasteiger charge is 2.48. The number of carbonyl (C=O) groups is 2. The molecule has 0 bridgehead atoms. The van der Waals surface area contributed by atoms with Crippen LogP contribution in [0.25, 0.3) is 10.9 Å². The number of nitro groups is 2. The first-order chi connectivity index (χ1) is 14.8. The van der Waals surface area contributed by atoms with Gasteiger partial charge in [0.25, 0.3) is 23.2 Å². The second-order valence-electron chi connectivity index (χ2n) is 6.74. The summed E-state index contributed by atoms with van der Waals surface area (Å²) in [5.41, 5.74) is 3.09. The third-order valence-electron chi connectivity index (χ3n) is 4.83. The Morgan fingerprint density at radius 1 is 1.13 bits per heavy atom. The fourth-order valence-electron chi connectivity index (χ4n) is 3.34. The van der Waals surface area contributed by atoms with Gasteiger partial charge in [-0.2, -0.15) is 5.10 Å². The third-order valence-corrected chi connectivity index (χ3v) is 5.25. The summed E-state index contributed by atoms with van der Waals surface area (Å²) < 4.78 is 1.33. The molecule has 158 valence electrons. The molecule has 0 saturated carbocycles. The summed E-state index contributed by atoms with van der Waals surface area (Å²) in [4.78, 5) is 45.5. The first-order valence-corrected chi connectivity index (χ1v) is 9.31. The molecule has 31 heavy (non-hydrogen) atoms. The smallest absolute Gasteiger partial charge is 0.270 e. The number of nitrogens with one attached hydrogen (secondary N) is 1. The lowest BCUT2D eigenvalue weighted by Gasteiger charge is -2.43. The summed E-state index contributed by atoms with van der Waals surface area (Å²) in [5.74, 6) is -1.14. The molecule has 1 fully saturated rings. The Labute approximate surface area is 178 Å². The predicted octanol–water partition coefficient (Wildman–Crippen LogP) is 2.07. The van der Waals surface area contributed by atoms with E-state index in [0.29, 0.717) is 16.5 Å². The summed E-state index contributed by atoms with van der Waals surface area (Å²) in [6, 6.07) is 8.99. The standard InChI is InChI=1S/C18H13ClN6O6/c19-16-17(10-2-1-3-12(6-10)24(28)29)23(18(16)27)21-15(26)9-22-14-5-4-13(25(30)31)7-11(14)8-20-22/h1-8,16-17H,9H2,(H,21,26). The topological polar surface area (TPSA) is 154 Å². The van der Waals surface area contributed by atoms with E-state index in [2.05, 4.69) is 10.5 Å². The summed E-state index contributed by atoms with van der Waals surface area (Å²) in [6.07, 6.45) is 1.39. The number of hydrogen-bond donors (Lipinski definition) is 1. The van der Waals surface area contributed by atoms with E-state index < -0.39 is 33.1 Å². The molecule has 4 rings (SSSR count). The molecule has 2 amide bonds. The van der Waals surface area contributed by atoms with Crippen LogP contribution in [0.2, 0.25) is 0 Å². The molecule has 2 atom stereocenters. The molecule has 3 aromatic rings. The van der Waals surface area contributed by atoms with E-state index in [0.717, 1.165) is 5.01 Å². The lowest BCUT2D eigenvalue weighted by atomic mass is 9.95. The number of rotatable bonds is 6.